The zero-order chi connectivity index (χ0) is 19.7. The van der Waals surface area contributed by atoms with E-state index in [2.05, 4.69) is 75.9 Å². The molecule has 4 rings (SSSR count). The highest BCUT2D eigenvalue weighted by atomic mass is 79.9. The monoisotopic (exact) mass is 442 g/mol. The third kappa shape index (κ3) is 4.09. The summed E-state index contributed by atoms with van der Waals surface area (Å²) in [6.45, 7) is 7.59. The lowest BCUT2D eigenvalue weighted by atomic mass is 10.0. The van der Waals surface area contributed by atoms with E-state index in [1.54, 1.807) is 0 Å². The minimum atomic E-state index is -0.166. The molecule has 2 N–H and O–H groups in total. The number of amides is 1. The van der Waals surface area contributed by atoms with Crippen molar-refractivity contribution in [1.29, 1.82) is 0 Å². The summed E-state index contributed by atoms with van der Waals surface area (Å²) in [6, 6.07) is 14.9. The third-order valence-corrected chi connectivity index (χ3v) is 6.30. The van der Waals surface area contributed by atoms with Crippen LogP contribution in [0.5, 0.6) is 0 Å². The van der Waals surface area contributed by atoms with Gasteiger partial charge in [-0.05, 0) is 55.2 Å². The van der Waals surface area contributed by atoms with Crippen LogP contribution in [0.4, 0.5) is 5.69 Å². The Kier molecular flexibility index (Phi) is 5.71. The molecule has 0 saturated carbocycles. The summed E-state index contributed by atoms with van der Waals surface area (Å²) < 4.78 is 1.07. The number of nitrogens with one attached hydrogen (secondary N) is 2. The van der Waals surface area contributed by atoms with Gasteiger partial charge in [-0.15, -0.1) is 0 Å². The Balaban J connectivity index is 1.34. The number of rotatable bonds is 3. The number of aryl methyl sites for hydroxylation is 2. The van der Waals surface area contributed by atoms with Crippen molar-refractivity contribution in [3.63, 3.8) is 0 Å². The van der Waals surface area contributed by atoms with Crippen molar-refractivity contribution in [1.82, 2.24) is 15.8 Å². The summed E-state index contributed by atoms with van der Waals surface area (Å²) in [5.41, 5.74) is 11.6. The van der Waals surface area contributed by atoms with Gasteiger partial charge >= 0.3 is 0 Å². The molecule has 2 unspecified atom stereocenters. The van der Waals surface area contributed by atoms with Gasteiger partial charge in [0, 0.05) is 42.4 Å². The highest BCUT2D eigenvalue weighted by Crippen LogP contribution is 2.26. The second-order valence-corrected chi connectivity index (χ2v) is 8.70. The molecule has 2 aliphatic heterocycles. The maximum absolute atomic E-state index is 13.0. The quantitative estimate of drug-likeness (QED) is 0.765. The van der Waals surface area contributed by atoms with Crippen LogP contribution >= 0.6 is 15.9 Å². The van der Waals surface area contributed by atoms with Gasteiger partial charge in [-0.2, -0.15) is 0 Å². The third-order valence-electron chi connectivity index (χ3n) is 5.77. The van der Waals surface area contributed by atoms with E-state index in [0.29, 0.717) is 0 Å². The largest absolute Gasteiger partial charge is 0.368 e. The summed E-state index contributed by atoms with van der Waals surface area (Å²) in [7, 11) is 0. The predicted octanol–water partition coefficient (Wildman–Crippen LogP) is 3.32. The first kappa shape index (κ1) is 19.4. The highest BCUT2D eigenvalue weighted by Gasteiger charge is 2.34. The smallest absolute Gasteiger partial charge is 0.241 e. The van der Waals surface area contributed by atoms with E-state index < -0.39 is 0 Å². The number of hydrogen-bond acceptors (Lipinski definition) is 4. The number of hydrazine groups is 1. The van der Waals surface area contributed by atoms with Crippen LogP contribution in [0.2, 0.25) is 0 Å². The minimum absolute atomic E-state index is 0.165. The van der Waals surface area contributed by atoms with E-state index in [1.165, 1.54) is 22.4 Å². The number of piperazine rings is 1. The van der Waals surface area contributed by atoms with Crippen LogP contribution in [-0.2, 0) is 4.79 Å². The van der Waals surface area contributed by atoms with Gasteiger partial charge in [-0.1, -0.05) is 40.2 Å². The lowest BCUT2D eigenvalue weighted by molar-refractivity contribution is -0.133. The molecule has 0 radical (unpaired) electrons. The summed E-state index contributed by atoms with van der Waals surface area (Å²) in [4.78, 5) is 17.4. The molecule has 0 aliphatic carbocycles. The van der Waals surface area contributed by atoms with Gasteiger partial charge in [0.2, 0.25) is 5.91 Å². The second kappa shape index (κ2) is 8.23. The maximum atomic E-state index is 13.0. The zero-order valence-corrected chi connectivity index (χ0v) is 18.0. The normalized spacial score (nSPS) is 22.5. The SMILES string of the molecule is Cc1ccc(C)c(N2CCN(C(=O)C3CC(c4ccc(Br)cc4)NN3)CC2)c1. The molecule has 0 aromatic heterocycles. The molecule has 5 nitrogen and oxygen atoms in total. The van der Waals surface area contributed by atoms with Crippen LogP contribution in [-0.4, -0.2) is 43.0 Å². The van der Waals surface area contributed by atoms with Crippen molar-refractivity contribution < 1.29 is 4.79 Å². The van der Waals surface area contributed by atoms with Gasteiger partial charge < -0.3 is 9.80 Å². The van der Waals surface area contributed by atoms with E-state index in [1.807, 2.05) is 17.0 Å². The number of carbonyl (C=O) groups excluding carboxylic acids is 1. The molecule has 6 heteroatoms. The Morgan fingerprint density at radius 2 is 1.71 bits per heavy atom. The molecular weight excluding hydrogens is 416 g/mol. The molecule has 28 heavy (non-hydrogen) atoms. The summed E-state index contributed by atoms with van der Waals surface area (Å²) in [6.07, 6.45) is 0.775. The fourth-order valence-electron chi connectivity index (χ4n) is 4.08. The zero-order valence-electron chi connectivity index (χ0n) is 16.4. The predicted molar refractivity (Wildman–Crippen MR) is 116 cm³/mol. The first-order chi connectivity index (χ1) is 13.5. The van der Waals surface area contributed by atoms with Crippen molar-refractivity contribution in [2.45, 2.75) is 32.4 Å². The second-order valence-electron chi connectivity index (χ2n) is 7.78. The van der Waals surface area contributed by atoms with Gasteiger partial charge in [0.05, 0.1) is 0 Å². The van der Waals surface area contributed by atoms with Gasteiger partial charge in [-0.25, -0.2) is 10.9 Å². The van der Waals surface area contributed by atoms with E-state index in [-0.39, 0.29) is 18.0 Å². The molecule has 148 valence electrons. The molecule has 2 fully saturated rings. The van der Waals surface area contributed by atoms with Crippen LogP contribution in [0.15, 0.2) is 46.9 Å². The average molecular weight is 443 g/mol. The van der Waals surface area contributed by atoms with Gasteiger partial charge in [-0.3, -0.25) is 4.79 Å². The van der Waals surface area contributed by atoms with Crippen LogP contribution in [0.25, 0.3) is 0 Å². The fraction of sp³-hybridized carbons (Fsp3) is 0.409. The fourth-order valence-corrected chi connectivity index (χ4v) is 4.34. The molecule has 2 saturated heterocycles. The van der Waals surface area contributed by atoms with Crippen LogP contribution in [0.1, 0.15) is 29.2 Å². The van der Waals surface area contributed by atoms with E-state index >= 15 is 0 Å². The van der Waals surface area contributed by atoms with Crippen LogP contribution in [0.3, 0.4) is 0 Å². The first-order valence-corrected chi connectivity index (χ1v) is 10.7. The van der Waals surface area contributed by atoms with Crippen molar-refractivity contribution in [2.24, 2.45) is 0 Å². The summed E-state index contributed by atoms with van der Waals surface area (Å²) >= 11 is 3.47. The standard InChI is InChI=1S/C22H27BrN4O/c1-15-3-4-16(2)21(13-15)26-9-11-27(12-10-26)22(28)20-14-19(24-25-20)17-5-7-18(23)8-6-17/h3-8,13,19-20,24-25H,9-12,14H2,1-2H3. The number of nitrogens with zero attached hydrogens (tertiary/aromatic N) is 2. The van der Waals surface area contributed by atoms with E-state index in [9.17, 15) is 4.79 Å². The molecule has 2 atom stereocenters. The molecule has 2 heterocycles. The highest BCUT2D eigenvalue weighted by molar-refractivity contribution is 9.10. The molecule has 2 aromatic carbocycles. The van der Waals surface area contributed by atoms with Crippen molar-refractivity contribution >= 4 is 27.5 Å². The number of hydrogen-bond donors (Lipinski definition) is 2. The average Bonchev–Trinajstić information content (AvgIpc) is 3.20. The Morgan fingerprint density at radius 3 is 2.43 bits per heavy atom. The van der Waals surface area contributed by atoms with Gasteiger partial charge in [0.15, 0.2) is 0 Å². The maximum Gasteiger partial charge on any atom is 0.241 e. The Morgan fingerprint density at radius 1 is 1.00 bits per heavy atom. The first-order valence-electron chi connectivity index (χ1n) is 9.89. The number of anilines is 1. The molecule has 0 spiro atoms. The minimum Gasteiger partial charge on any atom is -0.368 e. The van der Waals surface area contributed by atoms with Gasteiger partial charge in [0.25, 0.3) is 0 Å². The van der Waals surface area contributed by atoms with Crippen molar-refractivity contribution in [2.75, 3.05) is 31.1 Å². The Hall–Kier alpha value is -1.89. The summed E-state index contributed by atoms with van der Waals surface area (Å²) in [5, 5.41) is 0. The van der Waals surface area contributed by atoms with Crippen LogP contribution in [0, 0.1) is 13.8 Å². The van der Waals surface area contributed by atoms with E-state index in [0.717, 1.165) is 37.1 Å². The lowest BCUT2D eigenvalue weighted by Gasteiger charge is -2.37. The lowest BCUT2D eigenvalue weighted by Crippen LogP contribution is -2.53. The van der Waals surface area contributed by atoms with Crippen molar-refractivity contribution in [3.05, 3.63) is 63.6 Å². The molecule has 1 amide bonds. The molecule has 2 aromatic rings. The Labute approximate surface area is 175 Å². The molecule has 0 bridgehead atoms. The van der Waals surface area contributed by atoms with Crippen LogP contribution < -0.4 is 15.8 Å². The Bertz CT molecular complexity index is 846. The topological polar surface area (TPSA) is 47.6 Å². The number of benzene rings is 2. The molecule has 2 aliphatic rings. The summed E-state index contributed by atoms with van der Waals surface area (Å²) in [5.74, 6) is 0.202. The number of carbonyl (C=O) groups is 1. The van der Waals surface area contributed by atoms with E-state index in [4.69, 9.17) is 0 Å². The number of halogens is 1. The molecular formula is C22H27BrN4O. The van der Waals surface area contributed by atoms with Gasteiger partial charge in [0.1, 0.15) is 6.04 Å². The van der Waals surface area contributed by atoms with Crippen molar-refractivity contribution in [3.8, 4) is 0 Å².